The van der Waals surface area contributed by atoms with Gasteiger partial charge in [0.05, 0.1) is 6.04 Å². The number of piperidine rings is 1. The lowest BCUT2D eigenvalue weighted by Crippen LogP contribution is -2.48. The zero-order chi connectivity index (χ0) is 22.5. The maximum Gasteiger partial charge on any atom is 0.326 e. The van der Waals surface area contributed by atoms with Crippen LogP contribution in [0, 0.1) is 0 Å². The average molecular weight is 436 g/mol. The summed E-state index contributed by atoms with van der Waals surface area (Å²) in [5.41, 5.74) is 2.12. The molecule has 0 spiro atoms. The molecule has 2 aromatic carbocycles. The van der Waals surface area contributed by atoms with Crippen molar-refractivity contribution in [3.8, 4) is 0 Å². The van der Waals surface area contributed by atoms with Gasteiger partial charge in [0.2, 0.25) is 5.91 Å². The number of hydrogen-bond acceptors (Lipinski definition) is 4. The van der Waals surface area contributed by atoms with E-state index in [1.54, 1.807) is 24.3 Å². The molecular weight excluding hydrogens is 406 g/mol. The third-order valence-corrected chi connectivity index (χ3v) is 6.32. The van der Waals surface area contributed by atoms with E-state index in [-0.39, 0.29) is 17.9 Å². The molecule has 2 heterocycles. The Labute approximate surface area is 188 Å². The molecule has 2 amide bonds. The Bertz CT molecular complexity index is 978. The van der Waals surface area contributed by atoms with Gasteiger partial charge in [-0.15, -0.1) is 0 Å². The Hall–Kier alpha value is -3.19. The van der Waals surface area contributed by atoms with Crippen molar-refractivity contribution in [2.45, 2.75) is 50.7 Å². The molecule has 168 valence electrons. The Morgan fingerprint density at radius 3 is 2.47 bits per heavy atom. The summed E-state index contributed by atoms with van der Waals surface area (Å²) in [6.07, 6.45) is 3.83. The second kappa shape index (κ2) is 9.96. The molecule has 2 saturated heterocycles. The number of carboxylic acids is 1. The van der Waals surface area contributed by atoms with Crippen molar-refractivity contribution in [1.82, 2.24) is 9.80 Å². The van der Waals surface area contributed by atoms with Crippen LogP contribution in [-0.4, -0.2) is 57.9 Å². The highest BCUT2D eigenvalue weighted by Gasteiger charge is 2.33. The highest BCUT2D eigenvalue weighted by molar-refractivity contribution is 5.99. The predicted octanol–water partition coefficient (Wildman–Crippen LogP) is 3.37. The van der Waals surface area contributed by atoms with Crippen LogP contribution in [-0.2, 0) is 16.1 Å². The predicted molar refractivity (Wildman–Crippen MR) is 121 cm³/mol. The summed E-state index contributed by atoms with van der Waals surface area (Å²) < 4.78 is 0. The lowest BCUT2D eigenvalue weighted by Gasteiger charge is -2.33. The third kappa shape index (κ3) is 4.99. The molecule has 2 fully saturated rings. The van der Waals surface area contributed by atoms with E-state index in [2.05, 4.69) is 22.3 Å². The van der Waals surface area contributed by atoms with E-state index in [9.17, 15) is 19.5 Å². The van der Waals surface area contributed by atoms with Gasteiger partial charge in [0, 0.05) is 24.3 Å². The first kappa shape index (κ1) is 22.0. The summed E-state index contributed by atoms with van der Waals surface area (Å²) in [6.45, 7) is 2.03. The second-order valence-electron chi connectivity index (χ2n) is 8.53. The molecule has 4 rings (SSSR count). The van der Waals surface area contributed by atoms with Crippen LogP contribution >= 0.6 is 0 Å². The second-order valence-corrected chi connectivity index (χ2v) is 8.53. The third-order valence-electron chi connectivity index (χ3n) is 6.32. The van der Waals surface area contributed by atoms with Crippen LogP contribution < -0.4 is 5.32 Å². The molecule has 0 bridgehead atoms. The number of amides is 2. The van der Waals surface area contributed by atoms with Crippen LogP contribution in [0.3, 0.4) is 0 Å². The molecule has 7 nitrogen and oxygen atoms in total. The van der Waals surface area contributed by atoms with Crippen molar-refractivity contribution in [3.05, 3.63) is 65.7 Å². The van der Waals surface area contributed by atoms with Gasteiger partial charge in [-0.3, -0.25) is 14.5 Å². The van der Waals surface area contributed by atoms with Crippen LogP contribution in [0.15, 0.2) is 54.6 Å². The van der Waals surface area contributed by atoms with E-state index in [1.165, 1.54) is 10.5 Å². The van der Waals surface area contributed by atoms with Gasteiger partial charge in [0.15, 0.2) is 0 Å². The van der Waals surface area contributed by atoms with E-state index in [1.807, 2.05) is 18.2 Å². The number of anilines is 1. The molecule has 0 radical (unpaired) electrons. The van der Waals surface area contributed by atoms with Crippen molar-refractivity contribution in [3.63, 3.8) is 0 Å². The van der Waals surface area contributed by atoms with Gasteiger partial charge in [-0.05, 0) is 62.4 Å². The fourth-order valence-electron chi connectivity index (χ4n) is 4.68. The first-order chi connectivity index (χ1) is 15.5. The Kier molecular flexibility index (Phi) is 6.85. The smallest absolute Gasteiger partial charge is 0.326 e. The zero-order valence-electron chi connectivity index (χ0n) is 18.1. The first-order valence-electron chi connectivity index (χ1n) is 11.3. The highest BCUT2D eigenvalue weighted by Crippen LogP contribution is 2.24. The molecule has 32 heavy (non-hydrogen) atoms. The van der Waals surface area contributed by atoms with E-state index < -0.39 is 12.0 Å². The Balaban J connectivity index is 1.43. The van der Waals surface area contributed by atoms with Gasteiger partial charge in [-0.1, -0.05) is 36.4 Å². The van der Waals surface area contributed by atoms with E-state index >= 15 is 0 Å². The number of carbonyl (C=O) groups is 3. The topological polar surface area (TPSA) is 90.0 Å². The fraction of sp³-hybridized carbons (Fsp3) is 0.400. The first-order valence-corrected chi connectivity index (χ1v) is 11.3. The molecule has 2 atom stereocenters. The molecule has 2 aliphatic rings. The number of likely N-dealkylation sites (tertiary alicyclic amines) is 2. The summed E-state index contributed by atoms with van der Waals surface area (Å²) in [4.78, 5) is 41.2. The molecule has 7 heteroatoms. The van der Waals surface area contributed by atoms with Gasteiger partial charge in [-0.2, -0.15) is 0 Å². The van der Waals surface area contributed by atoms with Crippen molar-refractivity contribution >= 4 is 23.5 Å². The zero-order valence-corrected chi connectivity index (χ0v) is 18.1. The summed E-state index contributed by atoms with van der Waals surface area (Å²) in [5.74, 6) is -1.36. The maximum atomic E-state index is 13.0. The fourth-order valence-corrected chi connectivity index (χ4v) is 4.68. The number of carbonyl (C=O) groups excluding carboxylic acids is 2. The number of aliphatic carboxylic acids is 1. The van der Waals surface area contributed by atoms with Crippen LogP contribution in [0.2, 0.25) is 0 Å². The van der Waals surface area contributed by atoms with Gasteiger partial charge < -0.3 is 15.3 Å². The molecular formula is C25H29N3O4. The molecule has 0 aromatic heterocycles. The quantitative estimate of drug-likeness (QED) is 0.726. The van der Waals surface area contributed by atoms with Gasteiger partial charge in [0.25, 0.3) is 5.91 Å². The van der Waals surface area contributed by atoms with Crippen LogP contribution in [0.5, 0.6) is 0 Å². The lowest BCUT2D eigenvalue weighted by molar-refractivity contribution is -0.143. The maximum absolute atomic E-state index is 13.0. The largest absolute Gasteiger partial charge is 0.480 e. The molecule has 0 unspecified atom stereocenters. The molecule has 2 N–H and O–H groups in total. The number of rotatable bonds is 6. The monoisotopic (exact) mass is 435 g/mol. The normalized spacial score (nSPS) is 21.3. The number of nitrogens with zero attached hydrogens (tertiary/aromatic N) is 2. The minimum atomic E-state index is -0.970. The average Bonchev–Trinajstić information content (AvgIpc) is 3.27. The van der Waals surface area contributed by atoms with Gasteiger partial charge in [0.1, 0.15) is 6.04 Å². The van der Waals surface area contributed by atoms with Crippen molar-refractivity contribution < 1.29 is 19.5 Å². The van der Waals surface area contributed by atoms with Gasteiger partial charge >= 0.3 is 5.97 Å². The number of hydrogen-bond donors (Lipinski definition) is 2. The summed E-state index contributed by atoms with van der Waals surface area (Å²) in [5, 5.41) is 12.4. The standard InChI is InChI=1S/C25H29N3O4/c29-23(21-13-7-14-27(21)17-18-8-2-1-3-9-18)26-20-11-6-10-19(16-20)24(30)28-15-5-4-12-22(28)25(31)32/h1-3,6,8-11,16,21-22H,4-5,7,12-15,17H2,(H,26,29)(H,31,32)/t21-,22+/m1/s1. The van der Waals surface area contributed by atoms with E-state index in [0.717, 1.165) is 38.8 Å². The summed E-state index contributed by atoms with van der Waals surface area (Å²) in [7, 11) is 0. The van der Waals surface area contributed by atoms with Crippen LogP contribution in [0.4, 0.5) is 5.69 Å². The van der Waals surface area contributed by atoms with Crippen molar-refractivity contribution in [1.29, 1.82) is 0 Å². The lowest BCUT2D eigenvalue weighted by atomic mass is 10.0. The SMILES string of the molecule is O=C(Nc1cccc(C(=O)N2CCCC[C@H]2C(=O)O)c1)[C@H]1CCCN1Cc1ccccc1. The Morgan fingerprint density at radius 2 is 1.69 bits per heavy atom. The van der Waals surface area contributed by atoms with Crippen molar-refractivity contribution in [2.24, 2.45) is 0 Å². The molecule has 2 aliphatic heterocycles. The summed E-state index contributed by atoms with van der Waals surface area (Å²) in [6, 6.07) is 15.9. The van der Waals surface area contributed by atoms with Crippen LogP contribution in [0.25, 0.3) is 0 Å². The number of carboxylic acid groups (broad SMARTS) is 1. The van der Waals surface area contributed by atoms with Crippen LogP contribution in [0.1, 0.15) is 48.0 Å². The van der Waals surface area contributed by atoms with Crippen molar-refractivity contribution in [2.75, 3.05) is 18.4 Å². The minimum Gasteiger partial charge on any atom is -0.480 e. The minimum absolute atomic E-state index is 0.0792. The Morgan fingerprint density at radius 1 is 0.906 bits per heavy atom. The van der Waals surface area contributed by atoms with E-state index in [4.69, 9.17) is 0 Å². The molecule has 2 aromatic rings. The molecule has 0 aliphatic carbocycles. The summed E-state index contributed by atoms with van der Waals surface area (Å²) >= 11 is 0. The highest BCUT2D eigenvalue weighted by atomic mass is 16.4. The molecule has 0 saturated carbocycles. The number of benzene rings is 2. The van der Waals surface area contributed by atoms with Gasteiger partial charge in [-0.25, -0.2) is 4.79 Å². The van der Waals surface area contributed by atoms with E-state index in [0.29, 0.717) is 24.2 Å². The number of nitrogens with one attached hydrogen (secondary N) is 1.